The molecule has 1 amide bonds. The summed E-state index contributed by atoms with van der Waals surface area (Å²) in [5, 5.41) is -0.430. The first-order valence-electron chi connectivity index (χ1n) is 4.87. The molecule has 1 aliphatic carbocycles. The minimum Gasteiger partial charge on any atom is -0.455 e. The Morgan fingerprint density at radius 3 is 2.69 bits per heavy atom. The number of amides is 1. The highest BCUT2D eigenvalue weighted by Crippen LogP contribution is 2.27. The number of nitrogens with one attached hydrogen (secondary N) is 1. The maximum Gasteiger partial charge on any atom is 0.300 e. The van der Waals surface area contributed by atoms with Crippen molar-refractivity contribution in [2.75, 3.05) is 0 Å². The quantitative estimate of drug-likeness (QED) is 0.773. The number of carbonyl (C=O) groups excluding carboxylic acids is 1. The topological polar surface area (TPSA) is 102 Å². The van der Waals surface area contributed by atoms with E-state index in [1.54, 1.807) is 6.07 Å². The molecule has 16 heavy (non-hydrogen) atoms. The third-order valence-corrected chi connectivity index (χ3v) is 4.10. The Hall–Kier alpha value is -1.34. The summed E-state index contributed by atoms with van der Waals surface area (Å²) in [4.78, 5) is 11.5. The molecule has 0 aliphatic heterocycles. The van der Waals surface area contributed by atoms with Gasteiger partial charge in [0.15, 0.2) is 5.76 Å². The molecule has 3 N–H and O–H groups in total. The zero-order valence-corrected chi connectivity index (χ0v) is 9.29. The first kappa shape index (κ1) is 11.2. The van der Waals surface area contributed by atoms with Crippen molar-refractivity contribution in [3.8, 4) is 0 Å². The minimum absolute atomic E-state index is 0.0373. The van der Waals surface area contributed by atoms with Gasteiger partial charge >= 0.3 is 0 Å². The van der Waals surface area contributed by atoms with Crippen LogP contribution in [0.25, 0.3) is 0 Å². The van der Waals surface area contributed by atoms with Crippen molar-refractivity contribution >= 4 is 15.9 Å². The molecule has 1 aromatic heterocycles. The van der Waals surface area contributed by atoms with E-state index in [9.17, 15) is 13.2 Å². The predicted molar refractivity (Wildman–Crippen MR) is 56.0 cm³/mol. The van der Waals surface area contributed by atoms with Crippen molar-refractivity contribution in [2.24, 2.45) is 5.73 Å². The number of carbonyl (C=O) groups is 1. The second-order valence-corrected chi connectivity index (χ2v) is 5.61. The zero-order chi connectivity index (χ0) is 11.8. The van der Waals surface area contributed by atoms with Crippen molar-refractivity contribution < 1.29 is 17.6 Å². The van der Waals surface area contributed by atoms with E-state index in [-0.39, 0.29) is 12.3 Å². The van der Waals surface area contributed by atoms with Gasteiger partial charge in [0.1, 0.15) is 5.76 Å². The fourth-order valence-corrected chi connectivity index (χ4v) is 2.53. The van der Waals surface area contributed by atoms with Crippen LogP contribution >= 0.6 is 0 Å². The molecule has 0 bridgehead atoms. The van der Waals surface area contributed by atoms with Crippen molar-refractivity contribution in [3.63, 3.8) is 0 Å². The monoisotopic (exact) mass is 244 g/mol. The smallest absolute Gasteiger partial charge is 0.300 e. The lowest BCUT2D eigenvalue weighted by Gasteiger charge is -2.02. The van der Waals surface area contributed by atoms with E-state index >= 15 is 0 Å². The predicted octanol–water partition coefficient (Wildman–Crippen LogP) is -0.0397. The maximum absolute atomic E-state index is 11.5. The molecule has 88 valence electrons. The summed E-state index contributed by atoms with van der Waals surface area (Å²) in [6.07, 6.45) is 1.21. The lowest BCUT2D eigenvalue weighted by atomic mass is 10.4. The molecule has 0 aromatic carbocycles. The molecule has 1 heterocycles. The Morgan fingerprint density at radius 1 is 1.50 bits per heavy atom. The average Bonchev–Trinajstić information content (AvgIpc) is 2.97. The van der Waals surface area contributed by atoms with Crippen LogP contribution in [0.1, 0.15) is 29.2 Å². The molecule has 0 spiro atoms. The summed E-state index contributed by atoms with van der Waals surface area (Å²) < 4.78 is 29.9. The molecule has 0 saturated heterocycles. The van der Waals surface area contributed by atoms with Crippen LogP contribution in [0.5, 0.6) is 0 Å². The lowest BCUT2D eigenvalue weighted by molar-refractivity contribution is 0.0952. The highest BCUT2D eigenvalue weighted by molar-refractivity contribution is 7.91. The molecule has 1 aliphatic rings. The molecule has 0 unspecified atom stereocenters. The van der Waals surface area contributed by atoms with E-state index in [4.69, 9.17) is 10.2 Å². The summed E-state index contributed by atoms with van der Waals surface area (Å²) in [5.74, 6) is -0.342. The van der Waals surface area contributed by atoms with Gasteiger partial charge in [0.2, 0.25) is 10.0 Å². The molecule has 0 atom stereocenters. The van der Waals surface area contributed by atoms with E-state index < -0.39 is 21.2 Å². The van der Waals surface area contributed by atoms with Crippen molar-refractivity contribution in [3.05, 3.63) is 23.7 Å². The summed E-state index contributed by atoms with van der Waals surface area (Å²) >= 11 is 0. The van der Waals surface area contributed by atoms with Crippen molar-refractivity contribution in [1.29, 1.82) is 0 Å². The van der Waals surface area contributed by atoms with Crippen LogP contribution in [0, 0.1) is 0 Å². The maximum atomic E-state index is 11.5. The van der Waals surface area contributed by atoms with E-state index in [2.05, 4.69) is 0 Å². The van der Waals surface area contributed by atoms with Crippen LogP contribution < -0.4 is 10.5 Å². The van der Waals surface area contributed by atoms with E-state index in [0.29, 0.717) is 18.6 Å². The second kappa shape index (κ2) is 3.91. The van der Waals surface area contributed by atoms with E-state index in [1.165, 1.54) is 6.07 Å². The Balaban J connectivity index is 2.08. The second-order valence-electron chi connectivity index (χ2n) is 3.65. The third kappa shape index (κ3) is 2.25. The number of rotatable bonds is 4. The van der Waals surface area contributed by atoms with Gasteiger partial charge in [-0.05, 0) is 25.0 Å². The highest BCUT2D eigenvalue weighted by Gasteiger charge is 2.37. The highest BCUT2D eigenvalue weighted by atomic mass is 32.2. The molecule has 2 rings (SSSR count). The van der Waals surface area contributed by atoms with Gasteiger partial charge in [-0.15, -0.1) is 0 Å². The first-order chi connectivity index (χ1) is 7.53. The molecule has 1 saturated carbocycles. The lowest BCUT2D eigenvalue weighted by Crippen LogP contribution is -2.32. The molecular formula is C9H12N2O4S. The summed E-state index contributed by atoms with van der Waals surface area (Å²) in [6, 6.07) is 2.94. The van der Waals surface area contributed by atoms with Crippen LogP contribution in [-0.2, 0) is 16.6 Å². The third-order valence-electron chi connectivity index (χ3n) is 2.28. The van der Waals surface area contributed by atoms with Crippen LogP contribution in [0.15, 0.2) is 16.5 Å². The molecule has 6 nitrogen and oxygen atoms in total. The van der Waals surface area contributed by atoms with Crippen LogP contribution in [0.4, 0.5) is 0 Å². The molecule has 7 heteroatoms. The van der Waals surface area contributed by atoms with E-state index in [0.717, 1.165) is 0 Å². The van der Waals surface area contributed by atoms with Gasteiger partial charge in [-0.25, -0.2) is 13.1 Å². The normalized spacial score (nSPS) is 16.1. The fourth-order valence-electron chi connectivity index (χ4n) is 1.25. The number of hydrogen-bond donors (Lipinski definition) is 2. The fraction of sp³-hybridized carbons (Fsp3) is 0.444. The number of nitrogens with two attached hydrogens (primary N) is 1. The SMILES string of the molecule is NCc1ccc(C(=O)NS(=O)(=O)C2CC2)o1. The summed E-state index contributed by atoms with van der Waals surface area (Å²) in [5.41, 5.74) is 5.31. The van der Waals surface area contributed by atoms with Gasteiger partial charge in [-0.1, -0.05) is 0 Å². The first-order valence-corrected chi connectivity index (χ1v) is 6.42. The zero-order valence-electron chi connectivity index (χ0n) is 8.47. The Kier molecular flexibility index (Phi) is 2.73. The average molecular weight is 244 g/mol. The largest absolute Gasteiger partial charge is 0.455 e. The summed E-state index contributed by atoms with van der Waals surface area (Å²) in [7, 11) is -3.52. The van der Waals surface area contributed by atoms with Gasteiger partial charge in [0.25, 0.3) is 5.91 Å². The molecule has 0 radical (unpaired) electrons. The minimum atomic E-state index is -3.52. The number of furan rings is 1. The Bertz CT molecular complexity index is 501. The number of hydrogen-bond acceptors (Lipinski definition) is 5. The van der Waals surface area contributed by atoms with Gasteiger partial charge in [-0.2, -0.15) is 0 Å². The molecule has 1 aromatic rings. The van der Waals surface area contributed by atoms with Gasteiger partial charge in [0.05, 0.1) is 11.8 Å². The Labute approximate surface area is 92.9 Å². The van der Waals surface area contributed by atoms with E-state index in [1.807, 2.05) is 4.72 Å². The molecule has 1 fully saturated rings. The van der Waals surface area contributed by atoms with Crippen LogP contribution in [0.2, 0.25) is 0 Å². The van der Waals surface area contributed by atoms with Gasteiger partial charge in [0, 0.05) is 0 Å². The van der Waals surface area contributed by atoms with Gasteiger partial charge < -0.3 is 10.2 Å². The van der Waals surface area contributed by atoms with Gasteiger partial charge in [-0.3, -0.25) is 4.79 Å². The van der Waals surface area contributed by atoms with Crippen LogP contribution in [0.3, 0.4) is 0 Å². The standard InChI is InChI=1S/C9H12N2O4S/c10-5-6-1-4-8(15-6)9(12)11-16(13,14)7-2-3-7/h1,4,7H,2-3,5,10H2,(H,11,12). The summed E-state index contributed by atoms with van der Waals surface area (Å²) in [6.45, 7) is 0.169. The van der Waals surface area contributed by atoms with Crippen molar-refractivity contribution in [2.45, 2.75) is 24.6 Å². The van der Waals surface area contributed by atoms with Crippen LogP contribution in [-0.4, -0.2) is 19.6 Å². The Morgan fingerprint density at radius 2 is 2.19 bits per heavy atom. The molecular weight excluding hydrogens is 232 g/mol. The van der Waals surface area contributed by atoms with Crippen molar-refractivity contribution in [1.82, 2.24) is 4.72 Å². The number of sulfonamides is 1.